The Kier molecular flexibility index (Phi) is 3.65. The van der Waals surface area contributed by atoms with Gasteiger partial charge in [0.25, 0.3) is 0 Å². The van der Waals surface area contributed by atoms with Gasteiger partial charge < -0.3 is 14.9 Å². The Bertz CT molecular complexity index is 629. The molecule has 0 unspecified atom stereocenters. The van der Waals surface area contributed by atoms with Gasteiger partial charge in [-0.2, -0.15) is 5.10 Å². The Balaban J connectivity index is 2.67. The lowest BCUT2D eigenvalue weighted by atomic mass is 10.1. The molecule has 0 aliphatic heterocycles. The number of phenols is 1. The van der Waals surface area contributed by atoms with E-state index < -0.39 is 5.97 Å². The number of ether oxygens (including phenoxy) is 1. The smallest absolute Gasteiger partial charge is 0.343 e. The largest absolute Gasteiger partial charge is 0.508 e. The van der Waals surface area contributed by atoms with Gasteiger partial charge in [0.2, 0.25) is 5.88 Å². The van der Waals surface area contributed by atoms with E-state index in [1.54, 1.807) is 12.1 Å². The van der Waals surface area contributed by atoms with Gasteiger partial charge in [0.05, 0.1) is 18.5 Å². The third-order valence-electron chi connectivity index (χ3n) is 2.92. The Morgan fingerprint density at radius 1 is 1.30 bits per heavy atom. The summed E-state index contributed by atoms with van der Waals surface area (Å²) >= 11 is 0. The average molecular weight is 276 g/mol. The lowest BCUT2D eigenvalue weighted by Crippen LogP contribution is -2.04. The minimum Gasteiger partial charge on any atom is -0.508 e. The van der Waals surface area contributed by atoms with Crippen LogP contribution >= 0.6 is 0 Å². The van der Waals surface area contributed by atoms with Crippen molar-refractivity contribution in [3.8, 4) is 17.3 Å². The first-order valence-electron chi connectivity index (χ1n) is 6.15. The molecule has 0 amide bonds. The number of phenolic OH excluding ortho intramolecular Hbond substituents is 1. The molecule has 0 saturated heterocycles. The quantitative estimate of drug-likeness (QED) is 0.895. The van der Waals surface area contributed by atoms with E-state index in [2.05, 4.69) is 5.10 Å². The number of aromatic hydroxyl groups is 1. The van der Waals surface area contributed by atoms with Gasteiger partial charge in [-0.1, -0.05) is 13.8 Å². The second-order valence-corrected chi connectivity index (χ2v) is 4.66. The minimum absolute atomic E-state index is 0.0478. The van der Waals surface area contributed by atoms with E-state index >= 15 is 0 Å². The highest BCUT2D eigenvalue weighted by molar-refractivity contribution is 5.92. The van der Waals surface area contributed by atoms with E-state index in [4.69, 9.17) is 4.74 Å². The molecule has 0 saturated carbocycles. The number of hydrogen-bond donors (Lipinski definition) is 2. The van der Waals surface area contributed by atoms with Gasteiger partial charge in [-0.15, -0.1) is 0 Å². The lowest BCUT2D eigenvalue weighted by molar-refractivity contribution is 0.0691. The molecule has 0 atom stereocenters. The van der Waals surface area contributed by atoms with Gasteiger partial charge in [0, 0.05) is 0 Å². The number of carboxylic acid groups (broad SMARTS) is 1. The molecule has 2 rings (SSSR count). The van der Waals surface area contributed by atoms with Crippen LogP contribution in [0.5, 0.6) is 11.6 Å². The number of nitrogens with zero attached hydrogens (tertiary/aromatic N) is 2. The van der Waals surface area contributed by atoms with Crippen molar-refractivity contribution in [2.45, 2.75) is 19.8 Å². The van der Waals surface area contributed by atoms with Crippen LogP contribution in [-0.4, -0.2) is 33.1 Å². The van der Waals surface area contributed by atoms with Crippen molar-refractivity contribution in [3.05, 3.63) is 35.5 Å². The summed E-state index contributed by atoms with van der Waals surface area (Å²) in [5.74, 6) is -0.821. The summed E-state index contributed by atoms with van der Waals surface area (Å²) in [6.07, 6.45) is 0. The zero-order valence-corrected chi connectivity index (χ0v) is 11.5. The summed E-state index contributed by atoms with van der Waals surface area (Å²) in [6, 6.07) is 6.29. The van der Waals surface area contributed by atoms with Gasteiger partial charge in [0.1, 0.15) is 11.3 Å². The maximum absolute atomic E-state index is 11.4. The van der Waals surface area contributed by atoms with Crippen molar-refractivity contribution in [1.82, 2.24) is 9.78 Å². The Labute approximate surface area is 116 Å². The molecule has 0 radical (unpaired) electrons. The predicted octanol–water partition coefficient (Wildman–Crippen LogP) is 2.41. The van der Waals surface area contributed by atoms with Gasteiger partial charge >= 0.3 is 5.97 Å². The monoisotopic (exact) mass is 276 g/mol. The standard InChI is InChI=1S/C14H16N2O4/c1-8(2)12-11(14(18)19)13(20-3)16(15-12)9-4-6-10(17)7-5-9/h4-8,17H,1-3H3,(H,18,19). The van der Waals surface area contributed by atoms with Crippen molar-refractivity contribution in [2.24, 2.45) is 0 Å². The van der Waals surface area contributed by atoms with Gasteiger partial charge in [-0.3, -0.25) is 0 Å². The molecule has 1 aromatic carbocycles. The van der Waals surface area contributed by atoms with Crippen LogP contribution in [0.25, 0.3) is 5.69 Å². The molecule has 0 fully saturated rings. The van der Waals surface area contributed by atoms with Crippen molar-refractivity contribution >= 4 is 5.97 Å². The molecule has 0 aliphatic carbocycles. The first-order valence-corrected chi connectivity index (χ1v) is 6.15. The number of hydrogen-bond acceptors (Lipinski definition) is 4. The third-order valence-corrected chi connectivity index (χ3v) is 2.92. The van der Waals surface area contributed by atoms with E-state index in [-0.39, 0.29) is 23.1 Å². The zero-order chi connectivity index (χ0) is 14.9. The highest BCUT2D eigenvalue weighted by Crippen LogP contribution is 2.30. The van der Waals surface area contributed by atoms with Crippen LogP contribution in [0.3, 0.4) is 0 Å². The van der Waals surface area contributed by atoms with Gasteiger partial charge in [0.15, 0.2) is 0 Å². The predicted molar refractivity (Wildman–Crippen MR) is 72.8 cm³/mol. The fourth-order valence-corrected chi connectivity index (χ4v) is 1.98. The molecule has 2 aromatic rings. The number of methoxy groups -OCH3 is 1. The van der Waals surface area contributed by atoms with Crippen LogP contribution in [-0.2, 0) is 0 Å². The molecular formula is C14H16N2O4. The molecule has 6 heteroatoms. The molecule has 1 aromatic heterocycles. The maximum Gasteiger partial charge on any atom is 0.343 e. The van der Waals surface area contributed by atoms with Crippen LogP contribution in [0.1, 0.15) is 35.8 Å². The first-order chi connectivity index (χ1) is 9.45. The maximum atomic E-state index is 11.4. The van der Waals surface area contributed by atoms with Crippen LogP contribution in [0, 0.1) is 0 Å². The Morgan fingerprint density at radius 2 is 1.90 bits per heavy atom. The summed E-state index contributed by atoms with van der Waals surface area (Å²) in [7, 11) is 1.41. The summed E-state index contributed by atoms with van der Waals surface area (Å²) in [6.45, 7) is 3.74. The topological polar surface area (TPSA) is 84.6 Å². The fourth-order valence-electron chi connectivity index (χ4n) is 1.98. The number of aromatic nitrogens is 2. The van der Waals surface area contributed by atoms with E-state index in [9.17, 15) is 15.0 Å². The summed E-state index contributed by atoms with van der Waals surface area (Å²) in [5, 5.41) is 23.0. The van der Waals surface area contributed by atoms with Crippen LogP contribution in [0.15, 0.2) is 24.3 Å². The number of aromatic carboxylic acids is 1. The first kappa shape index (κ1) is 13.9. The molecule has 0 aliphatic rings. The Morgan fingerprint density at radius 3 is 2.35 bits per heavy atom. The summed E-state index contributed by atoms with van der Waals surface area (Å²) in [4.78, 5) is 11.4. The van der Waals surface area contributed by atoms with Crippen molar-refractivity contribution in [3.63, 3.8) is 0 Å². The van der Waals surface area contributed by atoms with Crippen LogP contribution < -0.4 is 4.74 Å². The number of rotatable bonds is 4. The molecule has 0 bridgehead atoms. The van der Waals surface area contributed by atoms with Crippen LogP contribution in [0.4, 0.5) is 0 Å². The van der Waals surface area contributed by atoms with Crippen molar-refractivity contribution in [2.75, 3.05) is 7.11 Å². The number of benzene rings is 1. The van der Waals surface area contributed by atoms with Gasteiger partial charge in [-0.05, 0) is 30.2 Å². The third kappa shape index (κ3) is 2.32. The highest BCUT2D eigenvalue weighted by Gasteiger charge is 2.26. The Hall–Kier alpha value is -2.50. The zero-order valence-electron chi connectivity index (χ0n) is 11.5. The van der Waals surface area contributed by atoms with E-state index in [1.165, 1.54) is 23.9 Å². The highest BCUT2D eigenvalue weighted by atomic mass is 16.5. The fraction of sp³-hybridized carbons (Fsp3) is 0.286. The SMILES string of the molecule is COc1c(C(=O)O)c(C(C)C)nn1-c1ccc(O)cc1. The van der Waals surface area contributed by atoms with E-state index in [0.717, 1.165) is 0 Å². The average Bonchev–Trinajstić information content (AvgIpc) is 2.79. The molecule has 106 valence electrons. The number of carboxylic acids is 1. The minimum atomic E-state index is -1.07. The molecule has 0 spiro atoms. The normalized spacial score (nSPS) is 10.8. The molecule has 1 heterocycles. The van der Waals surface area contributed by atoms with E-state index in [0.29, 0.717) is 11.4 Å². The van der Waals surface area contributed by atoms with Crippen molar-refractivity contribution < 1.29 is 19.7 Å². The van der Waals surface area contributed by atoms with Crippen molar-refractivity contribution in [1.29, 1.82) is 0 Å². The lowest BCUT2D eigenvalue weighted by Gasteiger charge is -2.06. The second-order valence-electron chi connectivity index (χ2n) is 4.66. The second kappa shape index (κ2) is 5.24. The van der Waals surface area contributed by atoms with Crippen LogP contribution in [0.2, 0.25) is 0 Å². The number of carbonyl (C=O) groups is 1. The summed E-state index contributed by atoms with van der Waals surface area (Å²) in [5.41, 5.74) is 1.15. The molecular weight excluding hydrogens is 260 g/mol. The van der Waals surface area contributed by atoms with Gasteiger partial charge in [-0.25, -0.2) is 9.48 Å². The van der Waals surface area contributed by atoms with E-state index in [1.807, 2.05) is 13.8 Å². The summed E-state index contributed by atoms with van der Waals surface area (Å²) < 4.78 is 6.64. The molecule has 6 nitrogen and oxygen atoms in total. The molecule has 2 N–H and O–H groups in total. The molecule has 20 heavy (non-hydrogen) atoms.